The zero-order valence-electron chi connectivity index (χ0n) is 15.8. The molecule has 0 radical (unpaired) electrons. The Kier molecular flexibility index (Phi) is 6.23. The van der Waals surface area contributed by atoms with Crippen LogP contribution in [0.4, 0.5) is 13.2 Å². The van der Waals surface area contributed by atoms with Gasteiger partial charge in [-0.05, 0) is 24.1 Å². The predicted octanol–water partition coefficient (Wildman–Crippen LogP) is 3.40. The lowest BCUT2D eigenvalue weighted by molar-refractivity contribution is -0.137. The fourth-order valence-electron chi connectivity index (χ4n) is 3.06. The van der Waals surface area contributed by atoms with E-state index in [0.29, 0.717) is 43.5 Å². The maximum atomic E-state index is 13.0. The number of aliphatic imine (C=N–C) groups is 1. The Labute approximate surface area is 161 Å². The molecule has 0 amide bonds. The molecule has 0 saturated carbocycles. The molecule has 152 valence electrons. The Balaban J connectivity index is 1.66. The first kappa shape index (κ1) is 20.2. The smallest absolute Gasteiger partial charge is 0.370 e. The number of guanidine groups is 1. The lowest BCUT2D eigenvalue weighted by Gasteiger charge is -2.35. The first-order valence-electron chi connectivity index (χ1n) is 9.09. The molecule has 3 rings (SSSR count). The van der Waals surface area contributed by atoms with Crippen LogP contribution in [0.5, 0.6) is 0 Å². The quantitative estimate of drug-likeness (QED) is 0.634. The maximum Gasteiger partial charge on any atom is 0.416 e. The van der Waals surface area contributed by atoms with Gasteiger partial charge in [-0.2, -0.15) is 13.2 Å². The number of nitrogens with one attached hydrogen (secondary N) is 1. The number of halogens is 3. The molecule has 9 heteroatoms. The molecule has 28 heavy (non-hydrogen) atoms. The number of aromatic nitrogens is 1. The number of ether oxygens (including phenoxy) is 1. The van der Waals surface area contributed by atoms with Crippen molar-refractivity contribution in [2.45, 2.75) is 32.2 Å². The highest BCUT2D eigenvalue weighted by molar-refractivity contribution is 5.80. The average Bonchev–Trinajstić information content (AvgIpc) is 3.16. The lowest BCUT2D eigenvalue weighted by atomic mass is 10.0. The monoisotopic (exact) mass is 396 g/mol. The average molecular weight is 396 g/mol. The van der Waals surface area contributed by atoms with E-state index < -0.39 is 17.8 Å². The molecule has 0 spiro atoms. The fraction of sp³-hybridized carbons (Fsp3) is 0.474. The Morgan fingerprint density at radius 2 is 2.18 bits per heavy atom. The first-order valence-corrected chi connectivity index (χ1v) is 9.09. The molecule has 1 unspecified atom stereocenters. The van der Waals surface area contributed by atoms with Crippen LogP contribution in [0.3, 0.4) is 0 Å². The Bertz CT molecular complexity index is 820. The van der Waals surface area contributed by atoms with Gasteiger partial charge in [0, 0.05) is 19.7 Å². The molecule has 1 aliphatic rings. The first-order chi connectivity index (χ1) is 13.4. The van der Waals surface area contributed by atoms with E-state index in [0.717, 1.165) is 24.2 Å². The van der Waals surface area contributed by atoms with Crippen LogP contribution in [0.25, 0.3) is 0 Å². The van der Waals surface area contributed by atoms with Crippen molar-refractivity contribution >= 4 is 5.96 Å². The summed E-state index contributed by atoms with van der Waals surface area (Å²) in [4.78, 5) is 6.24. The van der Waals surface area contributed by atoms with E-state index in [1.165, 1.54) is 6.07 Å². The number of hydrogen-bond donors (Lipinski definition) is 1. The third-order valence-electron chi connectivity index (χ3n) is 4.55. The van der Waals surface area contributed by atoms with Crippen molar-refractivity contribution in [2.75, 3.05) is 26.7 Å². The number of hydrogen-bond acceptors (Lipinski definition) is 4. The second-order valence-corrected chi connectivity index (χ2v) is 6.47. The zero-order valence-corrected chi connectivity index (χ0v) is 15.8. The van der Waals surface area contributed by atoms with Gasteiger partial charge in [-0.15, -0.1) is 0 Å². The Morgan fingerprint density at radius 3 is 2.86 bits per heavy atom. The van der Waals surface area contributed by atoms with E-state index in [9.17, 15) is 13.2 Å². The largest absolute Gasteiger partial charge is 0.416 e. The molecular formula is C19H23F3N4O2. The van der Waals surface area contributed by atoms with Gasteiger partial charge in [-0.1, -0.05) is 24.2 Å². The Morgan fingerprint density at radius 1 is 1.36 bits per heavy atom. The standard InChI is InChI=1S/C19H23F3N4O2/c1-3-15-10-16(28-25-15)11-24-18(23-2)26-7-8-27-17(12-26)13-5-4-6-14(9-13)19(20,21)22/h4-6,9-10,17H,3,7-8,11-12H2,1-2H3,(H,23,24). The van der Waals surface area contributed by atoms with Crippen LogP contribution in [0.2, 0.25) is 0 Å². The van der Waals surface area contributed by atoms with E-state index in [4.69, 9.17) is 9.26 Å². The van der Waals surface area contributed by atoms with Gasteiger partial charge < -0.3 is 19.5 Å². The third kappa shape index (κ3) is 4.83. The SMILES string of the molecule is CCc1cc(CNC(=NC)N2CCOC(c3cccc(C(F)(F)F)c3)C2)on1. The summed E-state index contributed by atoms with van der Waals surface area (Å²) in [6.45, 7) is 3.80. The zero-order chi connectivity index (χ0) is 20.1. The molecule has 2 aromatic rings. The van der Waals surface area contributed by atoms with E-state index in [1.54, 1.807) is 13.1 Å². The summed E-state index contributed by atoms with van der Waals surface area (Å²) in [5, 5.41) is 7.16. The molecule has 1 N–H and O–H groups in total. The van der Waals surface area contributed by atoms with Crippen LogP contribution in [0.1, 0.15) is 35.6 Å². The summed E-state index contributed by atoms with van der Waals surface area (Å²) >= 11 is 0. The molecule has 0 aliphatic carbocycles. The van der Waals surface area contributed by atoms with Crippen molar-refractivity contribution in [3.8, 4) is 0 Å². The second-order valence-electron chi connectivity index (χ2n) is 6.47. The number of morpholine rings is 1. The van der Waals surface area contributed by atoms with Crippen LogP contribution >= 0.6 is 0 Å². The molecule has 2 heterocycles. The molecule has 1 saturated heterocycles. The van der Waals surface area contributed by atoms with Crippen molar-refractivity contribution in [2.24, 2.45) is 4.99 Å². The molecule has 1 fully saturated rings. The van der Waals surface area contributed by atoms with Gasteiger partial charge in [0.15, 0.2) is 11.7 Å². The summed E-state index contributed by atoms with van der Waals surface area (Å²) in [7, 11) is 1.66. The number of rotatable bonds is 4. The summed E-state index contributed by atoms with van der Waals surface area (Å²) in [5.74, 6) is 1.33. The van der Waals surface area contributed by atoms with Crippen molar-refractivity contribution in [1.82, 2.24) is 15.4 Å². The van der Waals surface area contributed by atoms with Crippen LogP contribution in [0.15, 0.2) is 39.8 Å². The van der Waals surface area contributed by atoms with Crippen molar-refractivity contribution in [3.63, 3.8) is 0 Å². The lowest BCUT2D eigenvalue weighted by Crippen LogP contribution is -2.47. The topological polar surface area (TPSA) is 62.9 Å². The minimum Gasteiger partial charge on any atom is -0.370 e. The van der Waals surface area contributed by atoms with Crippen molar-refractivity contribution < 1.29 is 22.4 Å². The number of benzene rings is 1. The second kappa shape index (κ2) is 8.64. The Hall–Kier alpha value is -2.55. The van der Waals surface area contributed by atoms with E-state index in [1.807, 2.05) is 17.9 Å². The number of aryl methyl sites for hydroxylation is 1. The normalized spacial score (nSPS) is 18.4. The van der Waals surface area contributed by atoms with Gasteiger partial charge >= 0.3 is 6.18 Å². The van der Waals surface area contributed by atoms with Crippen LogP contribution in [-0.2, 0) is 23.9 Å². The summed E-state index contributed by atoms with van der Waals surface area (Å²) in [6.07, 6.45) is -4.05. The molecule has 0 bridgehead atoms. The van der Waals surface area contributed by atoms with E-state index in [-0.39, 0.29) is 0 Å². The molecular weight excluding hydrogens is 373 g/mol. The highest BCUT2D eigenvalue weighted by Gasteiger charge is 2.32. The van der Waals surface area contributed by atoms with Gasteiger partial charge in [0.25, 0.3) is 0 Å². The fourth-order valence-corrected chi connectivity index (χ4v) is 3.06. The molecule has 1 atom stereocenters. The van der Waals surface area contributed by atoms with Crippen molar-refractivity contribution in [3.05, 3.63) is 52.9 Å². The van der Waals surface area contributed by atoms with Crippen LogP contribution in [-0.4, -0.2) is 42.8 Å². The van der Waals surface area contributed by atoms with Gasteiger partial charge in [-0.3, -0.25) is 4.99 Å². The minimum atomic E-state index is -4.38. The van der Waals surface area contributed by atoms with Gasteiger partial charge in [0.1, 0.15) is 6.10 Å². The van der Waals surface area contributed by atoms with Gasteiger partial charge in [0.05, 0.1) is 31.0 Å². The number of nitrogens with zero attached hydrogens (tertiary/aromatic N) is 3. The summed E-state index contributed by atoms with van der Waals surface area (Å²) < 4.78 is 49.9. The van der Waals surface area contributed by atoms with E-state index >= 15 is 0 Å². The van der Waals surface area contributed by atoms with Crippen LogP contribution < -0.4 is 5.32 Å². The number of alkyl halides is 3. The molecule has 1 aliphatic heterocycles. The van der Waals surface area contributed by atoms with Crippen molar-refractivity contribution in [1.29, 1.82) is 0 Å². The third-order valence-corrected chi connectivity index (χ3v) is 4.55. The van der Waals surface area contributed by atoms with Crippen LogP contribution in [0, 0.1) is 0 Å². The van der Waals surface area contributed by atoms with Gasteiger partial charge in [-0.25, -0.2) is 0 Å². The highest BCUT2D eigenvalue weighted by atomic mass is 19.4. The predicted molar refractivity (Wildman–Crippen MR) is 97.8 cm³/mol. The maximum absolute atomic E-state index is 13.0. The van der Waals surface area contributed by atoms with Gasteiger partial charge in [0.2, 0.25) is 0 Å². The molecule has 1 aromatic carbocycles. The summed E-state index contributed by atoms with van der Waals surface area (Å²) in [6, 6.07) is 7.14. The highest BCUT2D eigenvalue weighted by Crippen LogP contribution is 2.32. The molecule has 6 nitrogen and oxygen atoms in total. The van der Waals surface area contributed by atoms with E-state index in [2.05, 4.69) is 15.5 Å². The summed E-state index contributed by atoms with van der Waals surface area (Å²) in [5.41, 5.74) is 0.700. The minimum absolute atomic E-state index is 0.393. The molecule has 1 aromatic heterocycles.